The van der Waals surface area contributed by atoms with Gasteiger partial charge in [-0.1, -0.05) is 19.1 Å². The first kappa shape index (κ1) is 24.5. The van der Waals surface area contributed by atoms with Crippen LogP contribution in [0, 0.1) is 17.7 Å². The van der Waals surface area contributed by atoms with Gasteiger partial charge in [0.05, 0.1) is 13.7 Å². The Balaban J connectivity index is 1.39. The van der Waals surface area contributed by atoms with Crippen LogP contribution in [-0.4, -0.2) is 30.5 Å². The summed E-state index contributed by atoms with van der Waals surface area (Å²) < 4.78 is 41.1. The zero-order valence-electron chi connectivity index (χ0n) is 20.2. The number of ether oxygens (including phenoxy) is 2. The van der Waals surface area contributed by atoms with Crippen LogP contribution >= 0.6 is 0 Å². The molecule has 0 radical (unpaired) electrons. The molecule has 2 fully saturated rings. The van der Waals surface area contributed by atoms with Crippen molar-refractivity contribution in [3.63, 3.8) is 0 Å². The third-order valence-electron chi connectivity index (χ3n) is 8.18. The topological polar surface area (TPSA) is 55.8 Å². The van der Waals surface area contributed by atoms with E-state index in [1.165, 1.54) is 13.0 Å². The minimum Gasteiger partial charge on any atom is -0.497 e. The Bertz CT molecular complexity index is 1020. The lowest BCUT2D eigenvalue weighted by molar-refractivity contribution is -0.155. The molecule has 2 saturated carbocycles. The number of rotatable bonds is 9. The van der Waals surface area contributed by atoms with Gasteiger partial charge in [-0.05, 0) is 105 Å². The summed E-state index contributed by atoms with van der Waals surface area (Å²) in [6.45, 7) is 3.42. The summed E-state index contributed by atoms with van der Waals surface area (Å²) in [6, 6.07) is 12.2. The zero-order chi connectivity index (χ0) is 24.5. The fourth-order valence-corrected chi connectivity index (χ4v) is 5.50. The van der Waals surface area contributed by atoms with Crippen LogP contribution in [0.5, 0.6) is 11.5 Å². The number of methoxy groups -OCH3 is 1. The molecule has 2 atom stereocenters. The smallest absolute Gasteiger partial charge is 0.342 e. The van der Waals surface area contributed by atoms with Crippen LogP contribution in [-0.2, 0) is 10.2 Å². The molecule has 2 aromatic rings. The second-order valence-corrected chi connectivity index (χ2v) is 10.2. The van der Waals surface area contributed by atoms with Crippen LogP contribution in [0.3, 0.4) is 0 Å². The van der Waals surface area contributed by atoms with Crippen molar-refractivity contribution in [1.82, 2.24) is 0 Å². The monoisotopic (exact) mass is 472 g/mol. The van der Waals surface area contributed by atoms with Gasteiger partial charge in [0.1, 0.15) is 17.3 Å². The van der Waals surface area contributed by atoms with Crippen LogP contribution in [0.1, 0.15) is 69.4 Å². The maximum absolute atomic E-state index is 15.4. The number of alkyl halides is 1. The summed E-state index contributed by atoms with van der Waals surface area (Å²) in [6.07, 6.45) is 5.29. The minimum absolute atomic E-state index is 0.00105. The number of carbonyl (C=O) groups is 1. The predicted molar refractivity (Wildman–Crippen MR) is 127 cm³/mol. The van der Waals surface area contributed by atoms with Crippen molar-refractivity contribution in [2.45, 2.75) is 69.4 Å². The van der Waals surface area contributed by atoms with E-state index in [9.17, 15) is 14.3 Å². The lowest BCUT2D eigenvalue weighted by Crippen LogP contribution is -2.51. The quantitative estimate of drug-likeness (QED) is 0.443. The second-order valence-electron chi connectivity index (χ2n) is 10.2. The average molecular weight is 473 g/mol. The van der Waals surface area contributed by atoms with Gasteiger partial charge in [0.2, 0.25) is 5.67 Å². The summed E-state index contributed by atoms with van der Waals surface area (Å²) in [4.78, 5) is 11.7. The van der Waals surface area contributed by atoms with Gasteiger partial charge in [0, 0.05) is 5.41 Å². The first-order valence-corrected chi connectivity index (χ1v) is 12.2. The molecule has 34 heavy (non-hydrogen) atoms. The van der Waals surface area contributed by atoms with Crippen molar-refractivity contribution in [3.8, 4) is 11.5 Å². The van der Waals surface area contributed by atoms with Crippen LogP contribution in [0.2, 0.25) is 0 Å². The molecule has 1 N–H and O–H groups in total. The zero-order valence-corrected chi connectivity index (χ0v) is 20.2. The molecule has 1 unspecified atom stereocenters. The summed E-state index contributed by atoms with van der Waals surface area (Å²) >= 11 is 0. The molecule has 2 aliphatic carbocycles. The van der Waals surface area contributed by atoms with E-state index in [4.69, 9.17) is 9.47 Å². The molecule has 2 aliphatic rings. The predicted octanol–water partition coefficient (Wildman–Crippen LogP) is 6.67. The van der Waals surface area contributed by atoms with Crippen molar-refractivity contribution in [3.05, 3.63) is 59.4 Å². The van der Waals surface area contributed by atoms with E-state index >= 15 is 4.39 Å². The number of carboxylic acid groups (broad SMARTS) is 1. The molecule has 184 valence electrons. The van der Waals surface area contributed by atoms with Crippen molar-refractivity contribution >= 4 is 5.97 Å². The Morgan fingerprint density at radius 1 is 1.03 bits per heavy atom. The fraction of sp³-hybridized carbons (Fsp3) is 0.536. The third kappa shape index (κ3) is 4.64. The normalized spacial score (nSPS) is 24.0. The highest BCUT2D eigenvalue weighted by molar-refractivity contribution is 5.80. The Kier molecular flexibility index (Phi) is 6.88. The molecule has 0 bridgehead atoms. The van der Waals surface area contributed by atoms with Crippen LogP contribution in [0.25, 0.3) is 0 Å². The molecule has 0 spiro atoms. The molecular weight excluding hydrogens is 438 g/mol. The van der Waals surface area contributed by atoms with E-state index in [0.29, 0.717) is 29.6 Å². The number of halogens is 2. The van der Waals surface area contributed by atoms with Gasteiger partial charge in [-0.25, -0.2) is 13.6 Å². The van der Waals surface area contributed by atoms with Crippen molar-refractivity contribution in [2.24, 2.45) is 11.8 Å². The van der Waals surface area contributed by atoms with Gasteiger partial charge in [-0.3, -0.25) is 0 Å². The average Bonchev–Trinajstić information content (AvgIpc) is 3.69. The van der Waals surface area contributed by atoms with Gasteiger partial charge in [-0.15, -0.1) is 0 Å². The maximum Gasteiger partial charge on any atom is 0.342 e. The number of carboxylic acids is 1. The SMILES string of the molecule is COc1ccc(F)c(C2CCC(COc3cccc(C(C)(C4CC4)[C@](C)(F)C(=O)O)c3)CC2)c1. The Labute approximate surface area is 200 Å². The summed E-state index contributed by atoms with van der Waals surface area (Å²) in [7, 11) is 1.59. The van der Waals surface area contributed by atoms with E-state index in [2.05, 4.69) is 0 Å². The molecule has 2 aromatic carbocycles. The molecule has 0 aromatic heterocycles. The maximum atomic E-state index is 15.4. The molecule has 6 heteroatoms. The van der Waals surface area contributed by atoms with E-state index in [0.717, 1.165) is 44.1 Å². The molecule has 0 amide bonds. The Morgan fingerprint density at radius 3 is 2.35 bits per heavy atom. The van der Waals surface area contributed by atoms with E-state index in [-0.39, 0.29) is 17.7 Å². The number of hydrogen-bond donors (Lipinski definition) is 1. The largest absolute Gasteiger partial charge is 0.497 e. The molecule has 4 rings (SSSR count). The molecule has 0 saturated heterocycles. The summed E-state index contributed by atoms with van der Waals surface area (Å²) in [5.41, 5.74) is -2.10. The van der Waals surface area contributed by atoms with Gasteiger partial charge >= 0.3 is 5.97 Å². The highest BCUT2D eigenvalue weighted by Crippen LogP contribution is 2.55. The van der Waals surface area contributed by atoms with Gasteiger partial charge in [-0.2, -0.15) is 0 Å². The molecular formula is C28H34F2O4. The van der Waals surface area contributed by atoms with Crippen molar-refractivity contribution in [2.75, 3.05) is 13.7 Å². The Morgan fingerprint density at radius 2 is 1.74 bits per heavy atom. The number of aliphatic carboxylic acids is 1. The Hall–Kier alpha value is -2.63. The molecule has 0 aliphatic heterocycles. The van der Waals surface area contributed by atoms with Crippen LogP contribution in [0.15, 0.2) is 42.5 Å². The first-order chi connectivity index (χ1) is 16.2. The van der Waals surface area contributed by atoms with Crippen LogP contribution in [0.4, 0.5) is 8.78 Å². The minimum atomic E-state index is -2.37. The lowest BCUT2D eigenvalue weighted by atomic mass is 9.67. The summed E-state index contributed by atoms with van der Waals surface area (Å²) in [5, 5.41) is 9.57. The van der Waals surface area contributed by atoms with E-state index in [1.807, 2.05) is 12.1 Å². The van der Waals surface area contributed by atoms with Crippen molar-refractivity contribution in [1.29, 1.82) is 0 Å². The van der Waals surface area contributed by atoms with Gasteiger partial charge < -0.3 is 14.6 Å². The lowest BCUT2D eigenvalue weighted by Gasteiger charge is -2.39. The van der Waals surface area contributed by atoms with Crippen LogP contribution < -0.4 is 9.47 Å². The van der Waals surface area contributed by atoms with E-state index in [1.54, 1.807) is 38.3 Å². The van der Waals surface area contributed by atoms with Crippen molar-refractivity contribution < 1.29 is 28.2 Å². The first-order valence-electron chi connectivity index (χ1n) is 12.2. The third-order valence-corrected chi connectivity index (χ3v) is 8.18. The summed E-state index contributed by atoms with van der Waals surface area (Å²) in [5.74, 6) is 0.218. The molecule has 0 heterocycles. The fourth-order valence-electron chi connectivity index (χ4n) is 5.50. The highest BCUT2D eigenvalue weighted by atomic mass is 19.1. The highest BCUT2D eigenvalue weighted by Gasteiger charge is 2.59. The van der Waals surface area contributed by atoms with Gasteiger partial charge in [0.25, 0.3) is 0 Å². The second kappa shape index (κ2) is 9.55. The van der Waals surface area contributed by atoms with E-state index < -0.39 is 17.1 Å². The standard InChI is InChI=1S/C28H34F2O4/c1-27(20-11-12-20,28(2,30)26(31)32)21-5-4-6-23(15-21)34-17-18-7-9-19(10-8-18)24-16-22(33-3)13-14-25(24)29/h4-6,13-16,18-20H,7-12,17H2,1-3H3,(H,31,32)/t18?,19?,27?,28-/m1/s1. The van der Waals surface area contributed by atoms with Gasteiger partial charge in [0.15, 0.2) is 0 Å². The number of hydrogen-bond acceptors (Lipinski definition) is 3. The molecule has 4 nitrogen and oxygen atoms in total. The number of benzene rings is 2.